The van der Waals surface area contributed by atoms with Gasteiger partial charge in [-0.25, -0.2) is 9.18 Å². The van der Waals surface area contributed by atoms with Crippen LogP contribution in [0.2, 0.25) is 0 Å². The summed E-state index contributed by atoms with van der Waals surface area (Å²) in [4.78, 5) is 26.3. The Morgan fingerprint density at radius 1 is 1.29 bits per heavy atom. The van der Waals surface area contributed by atoms with Crippen molar-refractivity contribution in [2.75, 3.05) is 12.4 Å². The number of aromatic carboxylic acids is 1. The topological polar surface area (TPSA) is 88.5 Å². The molecule has 1 aromatic carbocycles. The van der Waals surface area contributed by atoms with Crippen molar-refractivity contribution in [3.8, 4) is 5.75 Å². The quantitative estimate of drug-likeness (QED) is 0.901. The van der Waals surface area contributed by atoms with Crippen LogP contribution in [0, 0.1) is 5.82 Å². The van der Waals surface area contributed by atoms with Gasteiger partial charge in [0.25, 0.3) is 5.91 Å². The number of hydrogen-bond donors (Lipinski definition) is 2. The second-order valence-electron chi connectivity index (χ2n) is 4.04. The van der Waals surface area contributed by atoms with Crippen molar-refractivity contribution in [2.24, 2.45) is 0 Å². The standard InChI is InChI=1S/C14H11FN2O4/c1-21-9-3-4-10(15)12(6-9)17-13(18)11-5-2-8(7-16-11)14(19)20/h2-7H,1H3,(H,17,18)(H,19,20). The van der Waals surface area contributed by atoms with E-state index in [2.05, 4.69) is 10.3 Å². The minimum Gasteiger partial charge on any atom is -0.497 e. The highest BCUT2D eigenvalue weighted by molar-refractivity contribution is 6.03. The van der Waals surface area contributed by atoms with Crippen molar-refractivity contribution in [1.82, 2.24) is 4.98 Å². The maximum Gasteiger partial charge on any atom is 0.337 e. The first-order chi connectivity index (χ1) is 10.0. The lowest BCUT2D eigenvalue weighted by molar-refractivity contribution is 0.0696. The van der Waals surface area contributed by atoms with Crippen molar-refractivity contribution in [3.05, 3.63) is 53.6 Å². The van der Waals surface area contributed by atoms with E-state index in [0.717, 1.165) is 12.3 Å². The number of anilines is 1. The molecule has 2 N–H and O–H groups in total. The molecule has 0 unspecified atom stereocenters. The first-order valence-corrected chi connectivity index (χ1v) is 5.85. The number of aromatic nitrogens is 1. The molecule has 1 amide bonds. The second-order valence-corrected chi connectivity index (χ2v) is 4.04. The molecule has 2 rings (SSSR count). The minimum absolute atomic E-state index is 0.0257. The van der Waals surface area contributed by atoms with E-state index in [1.165, 1.54) is 31.4 Å². The van der Waals surface area contributed by atoms with Crippen LogP contribution < -0.4 is 10.1 Å². The molecule has 21 heavy (non-hydrogen) atoms. The maximum absolute atomic E-state index is 13.6. The first-order valence-electron chi connectivity index (χ1n) is 5.85. The maximum atomic E-state index is 13.6. The predicted octanol–water partition coefficient (Wildman–Crippen LogP) is 2.18. The van der Waals surface area contributed by atoms with Crippen LogP contribution in [0.1, 0.15) is 20.8 Å². The number of carbonyl (C=O) groups is 2. The lowest BCUT2D eigenvalue weighted by Crippen LogP contribution is -2.15. The van der Waals surface area contributed by atoms with Gasteiger partial charge >= 0.3 is 5.97 Å². The SMILES string of the molecule is COc1ccc(F)c(NC(=O)c2ccc(C(=O)O)cn2)c1. The van der Waals surface area contributed by atoms with Gasteiger partial charge in [0.1, 0.15) is 17.3 Å². The number of nitrogens with one attached hydrogen (secondary N) is 1. The molecular formula is C14H11FN2O4. The Morgan fingerprint density at radius 2 is 2.05 bits per heavy atom. The van der Waals surface area contributed by atoms with Crippen molar-refractivity contribution in [1.29, 1.82) is 0 Å². The molecule has 0 saturated carbocycles. The van der Waals surface area contributed by atoms with Crippen LogP contribution in [0.3, 0.4) is 0 Å². The van der Waals surface area contributed by atoms with Gasteiger partial charge in [-0.3, -0.25) is 9.78 Å². The molecule has 0 spiro atoms. The van der Waals surface area contributed by atoms with Crippen LogP contribution in [0.4, 0.5) is 10.1 Å². The largest absolute Gasteiger partial charge is 0.497 e. The van der Waals surface area contributed by atoms with Gasteiger partial charge in [0.2, 0.25) is 0 Å². The van der Waals surface area contributed by atoms with E-state index in [0.29, 0.717) is 5.75 Å². The van der Waals surface area contributed by atoms with Gasteiger partial charge in [0.15, 0.2) is 0 Å². The molecule has 0 aliphatic rings. The van der Waals surface area contributed by atoms with Crippen LogP contribution in [0.25, 0.3) is 0 Å². The van der Waals surface area contributed by atoms with E-state index in [1.807, 2.05) is 0 Å². The van der Waals surface area contributed by atoms with Crippen molar-refractivity contribution in [2.45, 2.75) is 0 Å². The number of hydrogen-bond acceptors (Lipinski definition) is 4. The van der Waals surface area contributed by atoms with E-state index < -0.39 is 17.7 Å². The smallest absolute Gasteiger partial charge is 0.337 e. The van der Waals surface area contributed by atoms with E-state index in [9.17, 15) is 14.0 Å². The van der Waals surface area contributed by atoms with Crippen LogP contribution >= 0.6 is 0 Å². The predicted molar refractivity (Wildman–Crippen MR) is 72.1 cm³/mol. The molecule has 1 heterocycles. The van der Waals surface area contributed by atoms with Crippen molar-refractivity contribution in [3.63, 3.8) is 0 Å². The van der Waals surface area contributed by atoms with Crippen molar-refractivity contribution >= 4 is 17.6 Å². The van der Waals surface area contributed by atoms with E-state index >= 15 is 0 Å². The van der Waals surface area contributed by atoms with E-state index in [-0.39, 0.29) is 16.9 Å². The molecule has 6 nitrogen and oxygen atoms in total. The molecule has 108 valence electrons. The minimum atomic E-state index is -1.15. The highest BCUT2D eigenvalue weighted by Crippen LogP contribution is 2.21. The summed E-state index contributed by atoms with van der Waals surface area (Å²) in [6.45, 7) is 0. The monoisotopic (exact) mass is 290 g/mol. The third-order valence-electron chi connectivity index (χ3n) is 2.66. The normalized spacial score (nSPS) is 10.0. The molecule has 1 aromatic heterocycles. The number of carboxylic acid groups (broad SMARTS) is 1. The van der Waals surface area contributed by atoms with E-state index in [4.69, 9.17) is 9.84 Å². The number of halogens is 1. The Labute approximate surface area is 119 Å². The van der Waals surface area contributed by atoms with Crippen LogP contribution in [0.5, 0.6) is 5.75 Å². The summed E-state index contributed by atoms with van der Waals surface area (Å²) in [5.74, 6) is -2.03. The summed E-state index contributed by atoms with van der Waals surface area (Å²) in [6.07, 6.45) is 1.05. The fraction of sp³-hybridized carbons (Fsp3) is 0.0714. The van der Waals surface area contributed by atoms with Crippen LogP contribution in [-0.2, 0) is 0 Å². The van der Waals surface area contributed by atoms with Gasteiger partial charge in [0.05, 0.1) is 18.4 Å². The number of ether oxygens (including phenoxy) is 1. The fourth-order valence-electron chi connectivity index (χ4n) is 1.57. The number of pyridine rings is 1. The van der Waals surface area contributed by atoms with Gasteiger partial charge in [-0.05, 0) is 24.3 Å². The van der Waals surface area contributed by atoms with Gasteiger partial charge < -0.3 is 15.2 Å². The Morgan fingerprint density at radius 3 is 2.62 bits per heavy atom. The lowest BCUT2D eigenvalue weighted by Gasteiger charge is -2.08. The van der Waals surface area contributed by atoms with Crippen LogP contribution in [0.15, 0.2) is 36.5 Å². The number of methoxy groups -OCH3 is 1. The molecule has 0 bridgehead atoms. The van der Waals surface area contributed by atoms with Gasteiger partial charge in [0, 0.05) is 12.3 Å². The number of nitrogens with zero attached hydrogens (tertiary/aromatic N) is 1. The lowest BCUT2D eigenvalue weighted by atomic mass is 10.2. The Balaban J connectivity index is 2.19. The number of rotatable bonds is 4. The third kappa shape index (κ3) is 3.33. The van der Waals surface area contributed by atoms with Crippen LogP contribution in [-0.4, -0.2) is 29.1 Å². The highest BCUT2D eigenvalue weighted by Gasteiger charge is 2.12. The van der Waals surface area contributed by atoms with Gasteiger partial charge in [-0.1, -0.05) is 0 Å². The molecule has 0 radical (unpaired) electrons. The zero-order valence-corrected chi connectivity index (χ0v) is 11.0. The molecule has 2 aromatic rings. The van der Waals surface area contributed by atoms with Gasteiger partial charge in [-0.15, -0.1) is 0 Å². The summed E-state index contributed by atoms with van der Waals surface area (Å²) in [5.41, 5.74) is -0.121. The summed E-state index contributed by atoms with van der Waals surface area (Å²) in [6, 6.07) is 6.40. The number of amides is 1. The van der Waals surface area contributed by atoms with Gasteiger partial charge in [-0.2, -0.15) is 0 Å². The third-order valence-corrected chi connectivity index (χ3v) is 2.66. The number of benzene rings is 1. The number of carbonyl (C=O) groups excluding carboxylic acids is 1. The summed E-state index contributed by atoms with van der Waals surface area (Å²) in [5, 5.41) is 11.1. The fourth-order valence-corrected chi connectivity index (χ4v) is 1.57. The molecule has 0 aliphatic heterocycles. The zero-order valence-electron chi connectivity index (χ0n) is 11.0. The van der Waals surface area contributed by atoms with E-state index in [1.54, 1.807) is 0 Å². The Hall–Kier alpha value is -2.96. The second kappa shape index (κ2) is 6.00. The molecule has 7 heteroatoms. The molecular weight excluding hydrogens is 279 g/mol. The summed E-state index contributed by atoms with van der Waals surface area (Å²) < 4.78 is 18.5. The molecule has 0 saturated heterocycles. The Bertz CT molecular complexity index is 686. The summed E-state index contributed by atoms with van der Waals surface area (Å²) in [7, 11) is 1.42. The first kappa shape index (κ1) is 14.4. The van der Waals surface area contributed by atoms with Crippen molar-refractivity contribution < 1.29 is 23.8 Å². The Kier molecular flexibility index (Phi) is 4.13. The average Bonchev–Trinajstić information content (AvgIpc) is 2.49. The zero-order chi connectivity index (χ0) is 15.4. The molecule has 0 atom stereocenters. The molecule has 0 aliphatic carbocycles. The average molecular weight is 290 g/mol. The highest BCUT2D eigenvalue weighted by atomic mass is 19.1. The number of carboxylic acids is 1. The summed E-state index contributed by atoms with van der Waals surface area (Å²) >= 11 is 0. The molecule has 0 fully saturated rings.